The lowest BCUT2D eigenvalue weighted by atomic mass is 9.89. The van der Waals surface area contributed by atoms with Gasteiger partial charge in [-0.3, -0.25) is 0 Å². The number of methoxy groups -OCH3 is 4. The maximum absolute atomic E-state index is 5.77. The average molecular weight is 369 g/mol. The van der Waals surface area contributed by atoms with Gasteiger partial charge >= 0.3 is 0 Å². The van der Waals surface area contributed by atoms with E-state index in [0.29, 0.717) is 0 Å². The first kappa shape index (κ1) is 22.9. The van der Waals surface area contributed by atoms with E-state index < -0.39 is 5.97 Å². The highest BCUT2D eigenvalue weighted by atomic mass is 16.9. The van der Waals surface area contributed by atoms with E-state index >= 15 is 0 Å². The molecule has 0 saturated heterocycles. The van der Waals surface area contributed by atoms with Crippen LogP contribution in [0.15, 0.2) is 24.3 Å². The average Bonchev–Trinajstić information content (AvgIpc) is 2.69. The number of benzene rings is 1. The molecule has 0 aliphatic rings. The van der Waals surface area contributed by atoms with Gasteiger partial charge in [0, 0.05) is 34.0 Å². The summed E-state index contributed by atoms with van der Waals surface area (Å²) in [6.07, 6.45) is 8.24. The van der Waals surface area contributed by atoms with Crippen LogP contribution in [0, 0.1) is 0 Å². The van der Waals surface area contributed by atoms with Crippen molar-refractivity contribution in [1.82, 2.24) is 0 Å². The molecule has 5 nitrogen and oxygen atoms in total. The Hall–Kier alpha value is -1.14. The van der Waals surface area contributed by atoms with Crippen LogP contribution < -0.4 is 4.74 Å². The first-order valence-electron chi connectivity index (χ1n) is 9.55. The van der Waals surface area contributed by atoms with Crippen molar-refractivity contribution in [1.29, 1.82) is 0 Å². The zero-order valence-corrected chi connectivity index (χ0v) is 17.1. The van der Waals surface area contributed by atoms with Gasteiger partial charge in [-0.05, 0) is 12.5 Å². The molecule has 0 aliphatic heterocycles. The highest BCUT2D eigenvalue weighted by molar-refractivity contribution is 5.37. The molecule has 0 spiro atoms. The van der Waals surface area contributed by atoms with Gasteiger partial charge in [-0.2, -0.15) is 0 Å². The summed E-state index contributed by atoms with van der Waals surface area (Å²) in [6, 6.07) is 7.92. The minimum Gasteiger partial charge on any atom is -0.467 e. The summed E-state index contributed by atoms with van der Waals surface area (Å²) in [7, 11) is 6.44. The number of para-hydroxylation sites is 1. The highest BCUT2D eigenvalue weighted by Gasteiger charge is 2.42. The number of ether oxygens (including phenoxy) is 5. The van der Waals surface area contributed by atoms with Gasteiger partial charge in [0.05, 0.1) is 5.92 Å². The Kier molecular flexibility index (Phi) is 11.5. The molecule has 1 aromatic rings. The predicted molar refractivity (Wildman–Crippen MR) is 103 cm³/mol. The monoisotopic (exact) mass is 368 g/mol. The quantitative estimate of drug-likeness (QED) is 0.318. The van der Waals surface area contributed by atoms with Crippen molar-refractivity contribution in [3.05, 3.63) is 29.8 Å². The maximum Gasteiger partial charge on any atom is 0.289 e. The number of hydrogen-bond donors (Lipinski definition) is 0. The number of unbranched alkanes of at least 4 members (excludes halogenated alkanes) is 5. The smallest absolute Gasteiger partial charge is 0.289 e. The van der Waals surface area contributed by atoms with Crippen LogP contribution in [0.3, 0.4) is 0 Å². The second-order valence-electron chi connectivity index (χ2n) is 6.41. The normalized spacial score (nSPS) is 13.0. The Balaban J connectivity index is 2.97. The maximum atomic E-state index is 5.77. The second-order valence-corrected chi connectivity index (χ2v) is 6.41. The molecule has 0 radical (unpaired) electrons. The first-order chi connectivity index (χ1) is 12.7. The van der Waals surface area contributed by atoms with Gasteiger partial charge in [0.25, 0.3) is 5.97 Å². The standard InChI is InChI=1S/C21H36O5/c1-6-7-8-9-10-11-15-19(21(23-3,24-4)25-5)18-14-12-13-16-20(18)26-17-22-2/h12-14,16,19H,6-11,15,17H2,1-5H3. The summed E-state index contributed by atoms with van der Waals surface area (Å²) in [6.45, 7) is 2.43. The van der Waals surface area contributed by atoms with Crippen molar-refractivity contribution in [2.24, 2.45) is 0 Å². The third-order valence-corrected chi connectivity index (χ3v) is 4.75. The van der Waals surface area contributed by atoms with E-state index in [4.69, 9.17) is 23.7 Å². The number of rotatable bonds is 15. The molecular weight excluding hydrogens is 332 g/mol. The van der Waals surface area contributed by atoms with Crippen molar-refractivity contribution < 1.29 is 23.7 Å². The first-order valence-corrected chi connectivity index (χ1v) is 9.55. The molecule has 1 aromatic carbocycles. The molecule has 0 aliphatic carbocycles. The van der Waals surface area contributed by atoms with Gasteiger partial charge in [-0.25, -0.2) is 0 Å². The Morgan fingerprint density at radius 1 is 0.846 bits per heavy atom. The molecule has 0 amide bonds. The highest BCUT2D eigenvalue weighted by Crippen LogP contribution is 2.41. The van der Waals surface area contributed by atoms with E-state index in [-0.39, 0.29) is 12.7 Å². The van der Waals surface area contributed by atoms with E-state index in [1.807, 2.05) is 24.3 Å². The second kappa shape index (κ2) is 13.1. The summed E-state index contributed by atoms with van der Waals surface area (Å²) in [4.78, 5) is 0. The molecule has 150 valence electrons. The molecule has 0 heterocycles. The molecule has 0 fully saturated rings. The fourth-order valence-corrected chi connectivity index (χ4v) is 3.35. The summed E-state index contributed by atoms with van der Waals surface area (Å²) >= 11 is 0. The summed E-state index contributed by atoms with van der Waals surface area (Å²) in [5, 5.41) is 0. The van der Waals surface area contributed by atoms with Crippen LogP contribution in [0.1, 0.15) is 63.4 Å². The number of hydrogen-bond acceptors (Lipinski definition) is 5. The van der Waals surface area contributed by atoms with Crippen molar-refractivity contribution in [3.8, 4) is 5.75 Å². The lowest BCUT2D eigenvalue weighted by Gasteiger charge is -2.37. The molecule has 0 saturated carbocycles. The van der Waals surface area contributed by atoms with Crippen LogP contribution in [0.25, 0.3) is 0 Å². The van der Waals surface area contributed by atoms with Gasteiger partial charge in [0.15, 0.2) is 6.79 Å². The summed E-state index contributed by atoms with van der Waals surface area (Å²) < 4.78 is 27.9. The largest absolute Gasteiger partial charge is 0.467 e. The minimum atomic E-state index is -1.14. The Bertz CT molecular complexity index is 465. The fraction of sp³-hybridized carbons (Fsp3) is 0.714. The molecule has 1 atom stereocenters. The van der Waals surface area contributed by atoms with Crippen LogP contribution >= 0.6 is 0 Å². The summed E-state index contributed by atoms with van der Waals surface area (Å²) in [5.41, 5.74) is 1.00. The van der Waals surface area contributed by atoms with Gasteiger partial charge < -0.3 is 23.7 Å². The molecule has 5 heteroatoms. The topological polar surface area (TPSA) is 46.2 Å². The van der Waals surface area contributed by atoms with Crippen LogP contribution in [0.5, 0.6) is 5.75 Å². The third kappa shape index (κ3) is 6.54. The van der Waals surface area contributed by atoms with E-state index in [1.165, 1.54) is 32.1 Å². The van der Waals surface area contributed by atoms with E-state index in [1.54, 1.807) is 28.4 Å². The molecule has 1 unspecified atom stereocenters. The fourth-order valence-electron chi connectivity index (χ4n) is 3.35. The molecular formula is C21H36O5. The van der Waals surface area contributed by atoms with E-state index in [0.717, 1.165) is 24.2 Å². The van der Waals surface area contributed by atoms with Gasteiger partial charge in [0.2, 0.25) is 0 Å². The van der Waals surface area contributed by atoms with Crippen molar-refractivity contribution >= 4 is 0 Å². The van der Waals surface area contributed by atoms with Crippen LogP contribution in [-0.2, 0) is 18.9 Å². The van der Waals surface area contributed by atoms with Crippen molar-refractivity contribution in [3.63, 3.8) is 0 Å². The lowest BCUT2D eigenvalue weighted by molar-refractivity contribution is -0.365. The Labute approximate surface area is 158 Å². The van der Waals surface area contributed by atoms with E-state index in [2.05, 4.69) is 6.92 Å². The molecule has 0 aromatic heterocycles. The van der Waals surface area contributed by atoms with Gasteiger partial charge in [0.1, 0.15) is 5.75 Å². The molecule has 26 heavy (non-hydrogen) atoms. The summed E-state index contributed by atoms with van der Waals surface area (Å²) in [5.74, 6) is -0.488. The zero-order chi connectivity index (χ0) is 19.3. The Morgan fingerprint density at radius 3 is 2.08 bits per heavy atom. The van der Waals surface area contributed by atoms with Gasteiger partial charge in [-0.1, -0.05) is 63.6 Å². The Morgan fingerprint density at radius 2 is 1.46 bits per heavy atom. The van der Waals surface area contributed by atoms with Crippen molar-refractivity contribution in [2.75, 3.05) is 35.2 Å². The molecule has 0 bridgehead atoms. The molecule has 0 N–H and O–H groups in total. The molecule has 1 rings (SSSR count). The third-order valence-electron chi connectivity index (χ3n) is 4.75. The predicted octanol–water partition coefficient (Wildman–Crippen LogP) is 5.10. The lowest BCUT2D eigenvalue weighted by Crippen LogP contribution is -2.42. The SMILES string of the molecule is CCCCCCCCC(c1ccccc1OCOC)C(OC)(OC)OC. The van der Waals surface area contributed by atoms with E-state index in [9.17, 15) is 0 Å². The van der Waals surface area contributed by atoms with Crippen molar-refractivity contribution in [2.45, 2.75) is 63.8 Å². The van der Waals surface area contributed by atoms with Crippen LogP contribution in [0.2, 0.25) is 0 Å². The van der Waals surface area contributed by atoms with Crippen LogP contribution in [0.4, 0.5) is 0 Å². The minimum absolute atomic E-state index is 0.110. The van der Waals surface area contributed by atoms with Crippen LogP contribution in [-0.4, -0.2) is 41.2 Å². The van der Waals surface area contributed by atoms with Gasteiger partial charge in [-0.15, -0.1) is 0 Å². The zero-order valence-electron chi connectivity index (χ0n) is 17.1.